The predicted octanol–water partition coefficient (Wildman–Crippen LogP) is 3.24. The van der Waals surface area contributed by atoms with Crippen molar-refractivity contribution in [3.05, 3.63) is 71.9 Å². The fourth-order valence-electron chi connectivity index (χ4n) is 4.83. The molecule has 1 N–H and O–H groups in total. The first kappa shape index (κ1) is 22.3. The van der Waals surface area contributed by atoms with Crippen molar-refractivity contribution in [1.82, 2.24) is 15.2 Å². The van der Waals surface area contributed by atoms with Crippen LogP contribution >= 0.6 is 0 Å². The Morgan fingerprint density at radius 1 is 1.03 bits per heavy atom. The number of anilines is 1. The Bertz CT molecular complexity index is 1170. The summed E-state index contributed by atoms with van der Waals surface area (Å²) in [5.41, 5.74) is 1.72. The highest BCUT2D eigenvalue weighted by atomic mass is 16.5. The maximum atomic E-state index is 13.3. The molecule has 0 spiro atoms. The molecule has 34 heavy (non-hydrogen) atoms. The number of fused-ring (bicyclic) bond motifs is 1. The zero-order valence-corrected chi connectivity index (χ0v) is 19.3. The number of aromatic nitrogens is 1. The third kappa shape index (κ3) is 4.89. The predicted molar refractivity (Wildman–Crippen MR) is 132 cm³/mol. The molecule has 0 radical (unpaired) electrons. The number of hydrogen-bond donors (Lipinski definition) is 1. The molecule has 2 fully saturated rings. The molecule has 1 atom stereocenters. The highest BCUT2D eigenvalue weighted by Gasteiger charge is 2.29. The van der Waals surface area contributed by atoms with Crippen LogP contribution in [0.15, 0.2) is 60.8 Å². The summed E-state index contributed by atoms with van der Waals surface area (Å²) in [6, 6.07) is 17.7. The van der Waals surface area contributed by atoms with Crippen molar-refractivity contribution >= 4 is 28.4 Å². The molecule has 1 aromatic heterocycles. The van der Waals surface area contributed by atoms with Crippen LogP contribution in [-0.4, -0.2) is 61.1 Å². The van der Waals surface area contributed by atoms with E-state index in [9.17, 15) is 9.59 Å². The first-order valence-electron chi connectivity index (χ1n) is 12.0. The number of benzene rings is 2. The van der Waals surface area contributed by atoms with E-state index < -0.39 is 0 Å². The quantitative estimate of drug-likeness (QED) is 0.635. The van der Waals surface area contributed by atoms with E-state index in [2.05, 4.69) is 15.2 Å². The minimum Gasteiger partial charge on any atom is -0.378 e. The second kappa shape index (κ2) is 10.2. The van der Waals surface area contributed by atoms with Crippen LogP contribution in [0.4, 0.5) is 5.82 Å². The van der Waals surface area contributed by atoms with Crippen molar-refractivity contribution in [2.75, 3.05) is 44.3 Å². The van der Waals surface area contributed by atoms with E-state index in [0.717, 1.165) is 48.1 Å². The molecule has 3 heterocycles. The van der Waals surface area contributed by atoms with Gasteiger partial charge in [-0.05, 0) is 47.4 Å². The normalized spacial score (nSPS) is 18.6. The van der Waals surface area contributed by atoms with Gasteiger partial charge in [-0.15, -0.1) is 0 Å². The van der Waals surface area contributed by atoms with Gasteiger partial charge in [-0.2, -0.15) is 0 Å². The SMILES string of the molecule is O=C(NCc1ccnc(N2CCOCC2)c1)[C@@H]1CCCN(C(=O)c2cccc3ccccc23)C1. The van der Waals surface area contributed by atoms with E-state index >= 15 is 0 Å². The van der Waals surface area contributed by atoms with E-state index in [1.165, 1.54) is 0 Å². The summed E-state index contributed by atoms with van der Waals surface area (Å²) < 4.78 is 5.42. The molecule has 0 bridgehead atoms. The molecule has 2 amide bonds. The third-order valence-corrected chi connectivity index (χ3v) is 6.71. The van der Waals surface area contributed by atoms with E-state index in [1.54, 1.807) is 6.20 Å². The summed E-state index contributed by atoms with van der Waals surface area (Å²) in [6.45, 7) is 4.64. The molecule has 2 aliphatic rings. The van der Waals surface area contributed by atoms with Crippen LogP contribution in [0.25, 0.3) is 10.8 Å². The van der Waals surface area contributed by atoms with E-state index in [4.69, 9.17) is 4.74 Å². The van der Waals surface area contributed by atoms with E-state index in [-0.39, 0.29) is 17.7 Å². The second-order valence-corrected chi connectivity index (χ2v) is 8.96. The molecule has 2 aromatic carbocycles. The number of amides is 2. The molecule has 0 saturated carbocycles. The Kier molecular flexibility index (Phi) is 6.72. The first-order valence-corrected chi connectivity index (χ1v) is 12.0. The van der Waals surface area contributed by atoms with Crippen LogP contribution in [0.1, 0.15) is 28.8 Å². The molecule has 2 aliphatic heterocycles. The summed E-state index contributed by atoms with van der Waals surface area (Å²) in [7, 11) is 0. The number of carbonyl (C=O) groups excluding carboxylic acids is 2. The summed E-state index contributed by atoms with van der Waals surface area (Å²) in [4.78, 5) is 34.8. The van der Waals surface area contributed by atoms with Crippen molar-refractivity contribution in [2.24, 2.45) is 5.92 Å². The monoisotopic (exact) mass is 458 g/mol. The zero-order chi connectivity index (χ0) is 23.3. The molecule has 2 saturated heterocycles. The maximum Gasteiger partial charge on any atom is 0.254 e. The average Bonchev–Trinajstić information content (AvgIpc) is 2.91. The van der Waals surface area contributed by atoms with Gasteiger partial charge in [0.2, 0.25) is 5.91 Å². The number of carbonyl (C=O) groups is 2. The Hall–Kier alpha value is -3.45. The van der Waals surface area contributed by atoms with E-state index in [1.807, 2.05) is 59.5 Å². The van der Waals surface area contributed by atoms with Gasteiger partial charge in [-0.3, -0.25) is 9.59 Å². The van der Waals surface area contributed by atoms with Crippen LogP contribution in [0.3, 0.4) is 0 Å². The number of hydrogen-bond acceptors (Lipinski definition) is 5. The highest BCUT2D eigenvalue weighted by molar-refractivity contribution is 6.07. The van der Waals surface area contributed by atoms with Gasteiger partial charge < -0.3 is 19.9 Å². The number of pyridine rings is 1. The van der Waals surface area contributed by atoms with Crippen molar-refractivity contribution in [3.8, 4) is 0 Å². The summed E-state index contributed by atoms with van der Waals surface area (Å²) in [5, 5.41) is 5.08. The number of piperidine rings is 1. The van der Waals surface area contributed by atoms with Gasteiger partial charge >= 0.3 is 0 Å². The summed E-state index contributed by atoms with van der Waals surface area (Å²) in [5.74, 6) is 0.714. The largest absolute Gasteiger partial charge is 0.378 e. The lowest BCUT2D eigenvalue weighted by Crippen LogP contribution is -2.45. The van der Waals surface area contributed by atoms with Gasteiger partial charge in [0, 0.05) is 44.5 Å². The standard InChI is InChI=1S/C27H30N4O3/c32-26(29-18-20-10-11-28-25(17-20)30-13-15-34-16-14-30)22-7-4-12-31(19-22)27(33)24-9-3-6-21-5-1-2-8-23(21)24/h1-3,5-6,8-11,17,22H,4,7,12-16,18-19H2,(H,29,32)/t22-/m1/s1. The van der Waals surface area contributed by atoms with Crippen molar-refractivity contribution in [2.45, 2.75) is 19.4 Å². The number of nitrogens with zero attached hydrogens (tertiary/aromatic N) is 3. The van der Waals surface area contributed by atoms with Gasteiger partial charge in [-0.1, -0.05) is 36.4 Å². The lowest BCUT2D eigenvalue weighted by atomic mass is 9.95. The van der Waals surface area contributed by atoms with Gasteiger partial charge in [0.15, 0.2) is 0 Å². The second-order valence-electron chi connectivity index (χ2n) is 8.96. The number of rotatable bonds is 5. The first-order chi connectivity index (χ1) is 16.7. The van der Waals surface area contributed by atoms with Crippen LogP contribution < -0.4 is 10.2 Å². The molecule has 5 rings (SSSR count). The molecule has 7 heteroatoms. The summed E-state index contributed by atoms with van der Waals surface area (Å²) >= 11 is 0. The topological polar surface area (TPSA) is 74.8 Å². The molecule has 3 aromatic rings. The Morgan fingerprint density at radius 3 is 2.74 bits per heavy atom. The van der Waals surface area contributed by atoms with Crippen molar-refractivity contribution in [3.63, 3.8) is 0 Å². The smallest absolute Gasteiger partial charge is 0.254 e. The Balaban J connectivity index is 1.21. The van der Waals surface area contributed by atoms with Crippen LogP contribution in [0.5, 0.6) is 0 Å². The molecule has 7 nitrogen and oxygen atoms in total. The highest BCUT2D eigenvalue weighted by Crippen LogP contribution is 2.24. The van der Waals surface area contributed by atoms with Gasteiger partial charge in [0.1, 0.15) is 5.82 Å². The summed E-state index contributed by atoms with van der Waals surface area (Å²) in [6.07, 6.45) is 3.41. The molecule has 0 unspecified atom stereocenters. The number of likely N-dealkylation sites (tertiary alicyclic amines) is 1. The molecule has 176 valence electrons. The lowest BCUT2D eigenvalue weighted by Gasteiger charge is -2.32. The number of nitrogens with one attached hydrogen (secondary N) is 1. The average molecular weight is 459 g/mol. The van der Waals surface area contributed by atoms with E-state index in [0.29, 0.717) is 38.4 Å². The van der Waals surface area contributed by atoms with Crippen LogP contribution in [-0.2, 0) is 16.1 Å². The van der Waals surface area contributed by atoms with Gasteiger partial charge in [0.05, 0.1) is 19.1 Å². The van der Waals surface area contributed by atoms with Crippen LogP contribution in [0, 0.1) is 5.92 Å². The van der Waals surface area contributed by atoms with Gasteiger partial charge in [0.25, 0.3) is 5.91 Å². The fourth-order valence-corrected chi connectivity index (χ4v) is 4.83. The minimum absolute atomic E-state index is 0.000143. The number of ether oxygens (including phenoxy) is 1. The van der Waals surface area contributed by atoms with Crippen LogP contribution in [0.2, 0.25) is 0 Å². The third-order valence-electron chi connectivity index (χ3n) is 6.71. The maximum absolute atomic E-state index is 13.3. The van der Waals surface area contributed by atoms with Crippen molar-refractivity contribution < 1.29 is 14.3 Å². The Morgan fingerprint density at radius 2 is 1.85 bits per heavy atom. The van der Waals surface area contributed by atoms with Gasteiger partial charge in [-0.25, -0.2) is 4.98 Å². The number of morpholine rings is 1. The zero-order valence-electron chi connectivity index (χ0n) is 19.3. The Labute approximate surface area is 199 Å². The molecular weight excluding hydrogens is 428 g/mol. The molecule has 0 aliphatic carbocycles. The van der Waals surface area contributed by atoms with Crippen molar-refractivity contribution in [1.29, 1.82) is 0 Å². The lowest BCUT2D eigenvalue weighted by molar-refractivity contribution is -0.126. The minimum atomic E-state index is -0.201. The molecular formula is C27H30N4O3. The fraction of sp³-hybridized carbons (Fsp3) is 0.370.